The number of nitrogens with one attached hydrogen (secondary N) is 1. The number of amides is 2. The van der Waals surface area contributed by atoms with Gasteiger partial charge in [-0.2, -0.15) is 0 Å². The lowest BCUT2D eigenvalue weighted by Gasteiger charge is -2.24. The fraction of sp³-hybridized carbons (Fsp3) is 0.290. The molecule has 0 aliphatic carbocycles. The maximum absolute atomic E-state index is 14.2. The molecule has 3 rings (SSSR count). The van der Waals surface area contributed by atoms with Gasteiger partial charge in [-0.25, -0.2) is 14.0 Å². The van der Waals surface area contributed by atoms with Crippen molar-refractivity contribution < 1.29 is 18.7 Å². The molecule has 0 saturated heterocycles. The van der Waals surface area contributed by atoms with Gasteiger partial charge in [-0.05, 0) is 72.9 Å². The van der Waals surface area contributed by atoms with Crippen molar-refractivity contribution in [1.82, 2.24) is 5.32 Å². The van der Waals surface area contributed by atoms with Crippen LogP contribution >= 0.6 is 0 Å². The number of unbranched alkanes of at least 4 members (excludes halogenated alkanes) is 1. The maximum atomic E-state index is 14.2. The van der Waals surface area contributed by atoms with Crippen LogP contribution in [0.3, 0.4) is 0 Å². The lowest BCUT2D eigenvalue weighted by molar-refractivity contribution is 0.0595. The number of aryl methyl sites for hydroxylation is 1. The highest BCUT2D eigenvalue weighted by Crippen LogP contribution is 2.22. The predicted molar refractivity (Wildman–Crippen MR) is 145 cm³/mol. The molecule has 0 unspecified atom stereocenters. The minimum Gasteiger partial charge on any atom is -0.465 e. The molecule has 0 aliphatic rings. The summed E-state index contributed by atoms with van der Waals surface area (Å²) >= 11 is 0. The molecule has 5 nitrogen and oxygen atoms in total. The number of halogens is 1. The molecule has 2 amide bonds. The Balaban J connectivity index is 1.78. The van der Waals surface area contributed by atoms with E-state index < -0.39 is 11.8 Å². The maximum Gasteiger partial charge on any atom is 0.340 e. The van der Waals surface area contributed by atoms with Gasteiger partial charge in [0.2, 0.25) is 0 Å². The number of anilines is 1. The van der Waals surface area contributed by atoms with Crippen LogP contribution in [0, 0.1) is 17.7 Å². The van der Waals surface area contributed by atoms with Crippen molar-refractivity contribution in [1.29, 1.82) is 0 Å². The third kappa shape index (κ3) is 7.94. The molecule has 0 radical (unpaired) electrons. The van der Waals surface area contributed by atoms with Crippen LogP contribution in [0.1, 0.15) is 65.7 Å². The van der Waals surface area contributed by atoms with E-state index in [0.717, 1.165) is 35.6 Å². The Morgan fingerprint density at radius 2 is 1.51 bits per heavy atom. The van der Waals surface area contributed by atoms with Crippen LogP contribution in [0.4, 0.5) is 14.9 Å². The molecule has 0 bridgehead atoms. The van der Waals surface area contributed by atoms with Crippen LogP contribution < -0.4 is 10.2 Å². The van der Waals surface area contributed by atoms with Crippen LogP contribution in [-0.4, -0.2) is 25.7 Å². The van der Waals surface area contributed by atoms with E-state index >= 15 is 0 Å². The van der Waals surface area contributed by atoms with Gasteiger partial charge in [0.15, 0.2) is 0 Å². The minimum atomic E-state index is -0.799. The number of esters is 1. The molecule has 37 heavy (non-hydrogen) atoms. The summed E-state index contributed by atoms with van der Waals surface area (Å²) in [6, 6.07) is 19.6. The van der Waals surface area contributed by atoms with Gasteiger partial charge in [-0.1, -0.05) is 56.4 Å². The van der Waals surface area contributed by atoms with E-state index in [2.05, 4.69) is 41.0 Å². The highest BCUT2D eigenvalue weighted by Gasteiger charge is 2.20. The van der Waals surface area contributed by atoms with Gasteiger partial charge in [-0.3, -0.25) is 4.90 Å². The van der Waals surface area contributed by atoms with E-state index in [9.17, 15) is 14.0 Å². The Hall–Kier alpha value is -4.11. The largest absolute Gasteiger partial charge is 0.465 e. The lowest BCUT2D eigenvalue weighted by atomic mass is 10.1. The second kappa shape index (κ2) is 13.8. The molecule has 0 fully saturated rings. The highest BCUT2D eigenvalue weighted by atomic mass is 19.1. The summed E-state index contributed by atoms with van der Waals surface area (Å²) in [6.45, 7) is 4.87. The van der Waals surface area contributed by atoms with Crippen LogP contribution in [0.5, 0.6) is 0 Å². The number of ether oxygens (including phenoxy) is 1. The van der Waals surface area contributed by atoms with E-state index in [4.69, 9.17) is 0 Å². The third-order valence-corrected chi connectivity index (χ3v) is 5.86. The van der Waals surface area contributed by atoms with Crippen LogP contribution in [0.15, 0.2) is 66.7 Å². The molecular weight excluding hydrogens is 467 g/mol. The SMILES string of the molecule is CCCCc1ccc(C#Cc2ccc(CN(C(=O)NCCC)c3ccc(F)c(C(=O)OC)c3)cc2)cc1. The van der Waals surface area contributed by atoms with Crippen LogP contribution in [0.2, 0.25) is 0 Å². The van der Waals surface area contributed by atoms with Crippen LogP contribution in [-0.2, 0) is 17.7 Å². The second-order valence-corrected chi connectivity index (χ2v) is 8.72. The molecular formula is C31H33FN2O3. The minimum absolute atomic E-state index is 0.225. The van der Waals surface area contributed by atoms with Crippen molar-refractivity contribution in [3.05, 3.63) is 100 Å². The first-order valence-corrected chi connectivity index (χ1v) is 12.6. The van der Waals surface area contributed by atoms with E-state index in [1.54, 1.807) is 0 Å². The number of methoxy groups -OCH3 is 1. The van der Waals surface area contributed by atoms with E-state index in [1.807, 2.05) is 43.3 Å². The summed E-state index contributed by atoms with van der Waals surface area (Å²) in [4.78, 5) is 26.4. The zero-order valence-corrected chi connectivity index (χ0v) is 21.6. The summed E-state index contributed by atoms with van der Waals surface area (Å²) < 4.78 is 18.9. The first-order chi connectivity index (χ1) is 17.9. The Morgan fingerprint density at radius 3 is 2.08 bits per heavy atom. The number of carbonyl (C=O) groups excluding carboxylic acids is 2. The molecule has 6 heteroatoms. The summed E-state index contributed by atoms with van der Waals surface area (Å²) in [5.41, 5.74) is 4.17. The number of urea groups is 1. The Kier molecular flexibility index (Phi) is 10.3. The number of hydrogen-bond acceptors (Lipinski definition) is 3. The van der Waals surface area contributed by atoms with E-state index in [-0.39, 0.29) is 18.1 Å². The van der Waals surface area contributed by atoms with Crippen molar-refractivity contribution in [3.8, 4) is 11.8 Å². The van der Waals surface area contributed by atoms with Gasteiger partial charge in [0.05, 0.1) is 19.2 Å². The van der Waals surface area contributed by atoms with Crippen molar-refractivity contribution in [2.24, 2.45) is 0 Å². The Labute approximate surface area is 218 Å². The van der Waals surface area contributed by atoms with Gasteiger partial charge in [-0.15, -0.1) is 0 Å². The fourth-order valence-corrected chi connectivity index (χ4v) is 3.71. The molecule has 0 aromatic heterocycles. The van der Waals surface area contributed by atoms with Gasteiger partial charge in [0.25, 0.3) is 0 Å². The third-order valence-electron chi connectivity index (χ3n) is 5.86. The van der Waals surface area contributed by atoms with Crippen molar-refractivity contribution in [3.63, 3.8) is 0 Å². The molecule has 0 aliphatic heterocycles. The zero-order valence-electron chi connectivity index (χ0n) is 21.6. The summed E-state index contributed by atoms with van der Waals surface area (Å²) in [5.74, 6) is 4.87. The summed E-state index contributed by atoms with van der Waals surface area (Å²) in [7, 11) is 1.19. The Bertz CT molecular complexity index is 1260. The first kappa shape index (κ1) is 27.5. The van der Waals surface area contributed by atoms with Crippen molar-refractivity contribution >= 4 is 17.7 Å². The van der Waals surface area contributed by atoms with Gasteiger partial charge in [0.1, 0.15) is 5.82 Å². The molecule has 0 atom stereocenters. The highest BCUT2D eigenvalue weighted by molar-refractivity contribution is 5.95. The predicted octanol–water partition coefficient (Wildman–Crippen LogP) is 6.48. The number of nitrogens with zero attached hydrogens (tertiary/aromatic N) is 1. The molecule has 192 valence electrons. The zero-order chi connectivity index (χ0) is 26.6. The average Bonchev–Trinajstić information content (AvgIpc) is 2.93. The molecule has 3 aromatic rings. The lowest BCUT2D eigenvalue weighted by Crippen LogP contribution is -2.40. The van der Waals surface area contributed by atoms with Gasteiger partial charge < -0.3 is 10.1 Å². The summed E-state index contributed by atoms with van der Waals surface area (Å²) in [6.07, 6.45) is 4.21. The topological polar surface area (TPSA) is 58.6 Å². The molecule has 3 aromatic carbocycles. The standard InChI is InChI=1S/C31H33FN2O3/c1-4-6-7-23-8-10-24(11-9-23)12-13-25-14-16-26(17-15-25)22-34(31(36)33-20-5-2)27-18-19-29(32)28(21-27)30(35)37-3/h8-11,14-19,21H,4-7,20,22H2,1-3H3,(H,33,36). The molecule has 0 heterocycles. The fourth-order valence-electron chi connectivity index (χ4n) is 3.71. The Morgan fingerprint density at radius 1 is 0.892 bits per heavy atom. The number of rotatable bonds is 9. The number of carbonyl (C=O) groups is 2. The average molecular weight is 501 g/mol. The molecule has 0 saturated carbocycles. The first-order valence-electron chi connectivity index (χ1n) is 12.6. The normalized spacial score (nSPS) is 10.3. The molecule has 1 N–H and O–H groups in total. The quantitative estimate of drug-likeness (QED) is 0.270. The van der Waals surface area contributed by atoms with Crippen molar-refractivity contribution in [2.75, 3.05) is 18.6 Å². The molecule has 0 spiro atoms. The van der Waals surface area contributed by atoms with Gasteiger partial charge >= 0.3 is 12.0 Å². The monoisotopic (exact) mass is 500 g/mol. The van der Waals surface area contributed by atoms with Crippen LogP contribution in [0.25, 0.3) is 0 Å². The number of hydrogen-bond donors (Lipinski definition) is 1. The van der Waals surface area contributed by atoms with E-state index in [0.29, 0.717) is 12.2 Å². The van der Waals surface area contributed by atoms with Gasteiger partial charge in [0, 0.05) is 23.4 Å². The van der Waals surface area contributed by atoms with Crippen molar-refractivity contribution in [2.45, 2.75) is 46.1 Å². The smallest absolute Gasteiger partial charge is 0.340 e. The van der Waals surface area contributed by atoms with E-state index in [1.165, 1.54) is 42.5 Å². The summed E-state index contributed by atoms with van der Waals surface area (Å²) in [5, 5.41) is 2.85. The second-order valence-electron chi connectivity index (χ2n) is 8.72. The number of benzene rings is 3.